The monoisotopic (exact) mass is 369 g/mol. The predicted octanol–water partition coefficient (Wildman–Crippen LogP) is 6.53. The van der Waals surface area contributed by atoms with Crippen LogP contribution in [-0.2, 0) is 4.79 Å². The molecule has 0 fully saturated rings. The Balaban J connectivity index is 3.04. The molecular formula is C23H47NO2. The van der Waals surface area contributed by atoms with Gasteiger partial charge in [-0.3, -0.25) is 4.79 Å². The van der Waals surface area contributed by atoms with Crippen molar-refractivity contribution in [3.8, 4) is 0 Å². The Morgan fingerprint density at radius 3 is 1.31 bits per heavy atom. The standard InChI is InChI=1S/C23H47NO2/c1-2-3-4-5-6-7-8-9-10-11-12-13-14-15-16-17-18-19-20-23(26)24-21-22-25/h25H,2-22H2,1H3,(H,24,26). The number of hydrogen-bond donors (Lipinski definition) is 2. The molecule has 0 unspecified atom stereocenters. The summed E-state index contributed by atoms with van der Waals surface area (Å²) in [7, 11) is 0. The van der Waals surface area contributed by atoms with Gasteiger partial charge in [0.15, 0.2) is 0 Å². The summed E-state index contributed by atoms with van der Waals surface area (Å²) in [5, 5.41) is 11.3. The summed E-state index contributed by atoms with van der Waals surface area (Å²) in [6.45, 7) is 2.70. The average molecular weight is 370 g/mol. The largest absolute Gasteiger partial charge is 0.395 e. The van der Waals surface area contributed by atoms with Gasteiger partial charge in [0.25, 0.3) is 0 Å². The lowest BCUT2D eigenvalue weighted by Gasteiger charge is -2.04. The molecule has 0 aromatic heterocycles. The molecule has 2 N–H and O–H groups in total. The fourth-order valence-corrected chi connectivity index (χ4v) is 3.47. The predicted molar refractivity (Wildman–Crippen MR) is 113 cm³/mol. The Bertz CT molecular complexity index is 281. The number of unbranched alkanes of at least 4 members (excludes halogenated alkanes) is 17. The highest BCUT2D eigenvalue weighted by atomic mass is 16.3. The van der Waals surface area contributed by atoms with E-state index in [1.165, 1.54) is 103 Å². The zero-order valence-electron chi connectivity index (χ0n) is 17.7. The van der Waals surface area contributed by atoms with E-state index in [9.17, 15) is 4.79 Å². The summed E-state index contributed by atoms with van der Waals surface area (Å²) in [6, 6.07) is 0. The molecule has 0 aliphatic carbocycles. The normalized spacial score (nSPS) is 11.0. The van der Waals surface area contributed by atoms with E-state index in [2.05, 4.69) is 12.2 Å². The van der Waals surface area contributed by atoms with Crippen molar-refractivity contribution in [2.45, 2.75) is 129 Å². The van der Waals surface area contributed by atoms with Gasteiger partial charge in [-0.1, -0.05) is 116 Å². The number of carbonyl (C=O) groups is 1. The summed E-state index contributed by atoms with van der Waals surface area (Å²) in [5.41, 5.74) is 0. The smallest absolute Gasteiger partial charge is 0.220 e. The number of hydrogen-bond acceptors (Lipinski definition) is 2. The Kier molecular flexibility index (Phi) is 22.0. The minimum absolute atomic E-state index is 0.0326. The SMILES string of the molecule is CCCCCCCCCCCCCCCCCCCCC(=O)NCCO. The molecule has 0 saturated carbocycles. The number of rotatable bonds is 21. The summed E-state index contributed by atoms with van der Waals surface area (Å²) in [4.78, 5) is 11.4. The zero-order valence-corrected chi connectivity index (χ0v) is 17.7. The second kappa shape index (κ2) is 22.5. The number of nitrogens with one attached hydrogen (secondary N) is 1. The lowest BCUT2D eigenvalue weighted by Crippen LogP contribution is -2.25. The average Bonchev–Trinajstić information content (AvgIpc) is 2.65. The third-order valence-corrected chi connectivity index (χ3v) is 5.19. The van der Waals surface area contributed by atoms with Crippen LogP contribution < -0.4 is 5.32 Å². The fraction of sp³-hybridized carbons (Fsp3) is 0.957. The second-order valence-corrected chi connectivity index (χ2v) is 7.83. The van der Waals surface area contributed by atoms with Crippen LogP contribution >= 0.6 is 0 Å². The van der Waals surface area contributed by atoms with Crippen LogP contribution in [-0.4, -0.2) is 24.2 Å². The Labute approximate surface area is 163 Å². The van der Waals surface area contributed by atoms with Gasteiger partial charge in [-0.05, 0) is 6.42 Å². The molecule has 0 spiro atoms. The summed E-state index contributed by atoms with van der Waals surface area (Å²) < 4.78 is 0. The minimum atomic E-state index is 0.0326. The number of aliphatic hydroxyl groups excluding tert-OH is 1. The fourth-order valence-electron chi connectivity index (χ4n) is 3.47. The maximum Gasteiger partial charge on any atom is 0.220 e. The van der Waals surface area contributed by atoms with E-state index in [0.29, 0.717) is 13.0 Å². The lowest BCUT2D eigenvalue weighted by atomic mass is 10.0. The van der Waals surface area contributed by atoms with E-state index >= 15 is 0 Å². The van der Waals surface area contributed by atoms with E-state index in [-0.39, 0.29) is 12.5 Å². The van der Waals surface area contributed by atoms with Gasteiger partial charge in [-0.15, -0.1) is 0 Å². The van der Waals surface area contributed by atoms with Crippen molar-refractivity contribution >= 4 is 5.91 Å². The molecule has 0 radical (unpaired) electrons. The molecule has 1 amide bonds. The molecule has 0 aliphatic heterocycles. The van der Waals surface area contributed by atoms with E-state index in [0.717, 1.165) is 12.8 Å². The first-order valence-corrected chi connectivity index (χ1v) is 11.7. The topological polar surface area (TPSA) is 49.3 Å². The molecule has 26 heavy (non-hydrogen) atoms. The third kappa shape index (κ3) is 21.5. The van der Waals surface area contributed by atoms with Crippen molar-refractivity contribution in [2.75, 3.05) is 13.2 Å². The first kappa shape index (κ1) is 25.4. The van der Waals surface area contributed by atoms with Crippen molar-refractivity contribution in [2.24, 2.45) is 0 Å². The summed E-state index contributed by atoms with van der Waals surface area (Å²) >= 11 is 0. The highest BCUT2D eigenvalue weighted by Gasteiger charge is 1.99. The van der Waals surface area contributed by atoms with Crippen molar-refractivity contribution in [3.63, 3.8) is 0 Å². The highest BCUT2D eigenvalue weighted by Crippen LogP contribution is 2.14. The molecule has 0 aromatic carbocycles. The van der Waals surface area contributed by atoms with E-state index in [1.54, 1.807) is 0 Å². The molecule has 3 heteroatoms. The van der Waals surface area contributed by atoms with Gasteiger partial charge in [0.1, 0.15) is 0 Å². The van der Waals surface area contributed by atoms with Gasteiger partial charge in [-0.25, -0.2) is 0 Å². The molecule has 0 aromatic rings. The Morgan fingerprint density at radius 2 is 0.962 bits per heavy atom. The minimum Gasteiger partial charge on any atom is -0.395 e. The first-order valence-electron chi connectivity index (χ1n) is 11.7. The number of carbonyl (C=O) groups excluding carboxylic acids is 1. The summed E-state index contributed by atoms with van der Waals surface area (Å²) in [6.07, 6.45) is 25.2. The van der Waals surface area contributed by atoms with Crippen LogP contribution in [0.5, 0.6) is 0 Å². The van der Waals surface area contributed by atoms with Gasteiger partial charge in [0.2, 0.25) is 5.91 Å². The maximum atomic E-state index is 11.4. The molecular weight excluding hydrogens is 322 g/mol. The van der Waals surface area contributed by atoms with Gasteiger partial charge >= 0.3 is 0 Å². The van der Waals surface area contributed by atoms with Crippen molar-refractivity contribution in [1.82, 2.24) is 5.32 Å². The molecule has 156 valence electrons. The number of amides is 1. The first-order chi connectivity index (χ1) is 12.8. The van der Waals surface area contributed by atoms with Gasteiger partial charge in [0, 0.05) is 13.0 Å². The van der Waals surface area contributed by atoms with Crippen LogP contribution in [0.25, 0.3) is 0 Å². The van der Waals surface area contributed by atoms with Crippen LogP contribution in [0.4, 0.5) is 0 Å². The molecule has 0 heterocycles. The number of aliphatic hydroxyl groups is 1. The van der Waals surface area contributed by atoms with Gasteiger partial charge < -0.3 is 10.4 Å². The Morgan fingerprint density at radius 1 is 0.615 bits per heavy atom. The highest BCUT2D eigenvalue weighted by molar-refractivity contribution is 5.75. The van der Waals surface area contributed by atoms with E-state index < -0.39 is 0 Å². The van der Waals surface area contributed by atoms with Crippen LogP contribution in [0.2, 0.25) is 0 Å². The van der Waals surface area contributed by atoms with Crippen molar-refractivity contribution in [1.29, 1.82) is 0 Å². The summed E-state index contributed by atoms with van der Waals surface area (Å²) in [5.74, 6) is 0.0792. The zero-order chi connectivity index (χ0) is 19.1. The molecule has 0 aliphatic rings. The Hall–Kier alpha value is -0.570. The van der Waals surface area contributed by atoms with Gasteiger partial charge in [0.05, 0.1) is 6.61 Å². The van der Waals surface area contributed by atoms with E-state index in [1.807, 2.05) is 0 Å². The second-order valence-electron chi connectivity index (χ2n) is 7.83. The quantitative estimate of drug-likeness (QED) is 0.226. The van der Waals surface area contributed by atoms with Gasteiger partial charge in [-0.2, -0.15) is 0 Å². The van der Waals surface area contributed by atoms with Crippen LogP contribution in [0, 0.1) is 0 Å². The van der Waals surface area contributed by atoms with Crippen LogP contribution in [0.15, 0.2) is 0 Å². The lowest BCUT2D eigenvalue weighted by molar-refractivity contribution is -0.121. The third-order valence-electron chi connectivity index (χ3n) is 5.19. The van der Waals surface area contributed by atoms with E-state index in [4.69, 9.17) is 5.11 Å². The van der Waals surface area contributed by atoms with Crippen molar-refractivity contribution < 1.29 is 9.90 Å². The van der Waals surface area contributed by atoms with Crippen molar-refractivity contribution in [3.05, 3.63) is 0 Å². The maximum absolute atomic E-state index is 11.4. The molecule has 3 nitrogen and oxygen atoms in total. The molecule has 0 bridgehead atoms. The molecule has 0 saturated heterocycles. The molecule has 0 atom stereocenters. The molecule has 0 rings (SSSR count). The van der Waals surface area contributed by atoms with Crippen LogP contribution in [0.1, 0.15) is 129 Å². The van der Waals surface area contributed by atoms with Crippen LogP contribution in [0.3, 0.4) is 0 Å².